The summed E-state index contributed by atoms with van der Waals surface area (Å²) in [6, 6.07) is 12.4. The maximum absolute atomic E-state index is 6.15. The third kappa shape index (κ3) is 4.23. The third-order valence-corrected chi connectivity index (χ3v) is 5.51. The molecular weight excluding hydrogens is 344 g/mol. The van der Waals surface area contributed by atoms with Crippen LogP contribution in [-0.2, 0) is 17.9 Å². The van der Waals surface area contributed by atoms with E-state index in [2.05, 4.69) is 34.5 Å². The summed E-state index contributed by atoms with van der Waals surface area (Å²) < 4.78 is 12.0. The van der Waals surface area contributed by atoms with Gasteiger partial charge in [0.15, 0.2) is 0 Å². The van der Waals surface area contributed by atoms with Crippen LogP contribution in [-0.4, -0.2) is 29.1 Å². The van der Waals surface area contributed by atoms with Crippen LogP contribution in [0.1, 0.15) is 29.9 Å². The zero-order valence-corrected chi connectivity index (χ0v) is 15.9. The van der Waals surface area contributed by atoms with Crippen molar-refractivity contribution in [3.8, 4) is 11.5 Å². The molecule has 1 aliphatic rings. The van der Waals surface area contributed by atoms with Crippen molar-refractivity contribution in [1.82, 2.24) is 9.88 Å². The number of ether oxygens (including phenoxy) is 1. The highest BCUT2D eigenvalue weighted by molar-refractivity contribution is 7.08. The number of rotatable bonds is 6. The van der Waals surface area contributed by atoms with E-state index < -0.39 is 0 Å². The van der Waals surface area contributed by atoms with Gasteiger partial charge in [0.2, 0.25) is 5.89 Å². The Morgan fingerprint density at radius 3 is 2.96 bits per heavy atom. The summed E-state index contributed by atoms with van der Waals surface area (Å²) in [7, 11) is 0. The van der Waals surface area contributed by atoms with Crippen molar-refractivity contribution in [3.05, 3.63) is 64.2 Å². The topological polar surface area (TPSA) is 38.5 Å². The Labute approximate surface area is 158 Å². The molecule has 0 spiro atoms. The minimum atomic E-state index is 0.285. The first-order valence-corrected chi connectivity index (χ1v) is 10.1. The summed E-state index contributed by atoms with van der Waals surface area (Å²) in [6.07, 6.45) is 2.57. The summed E-state index contributed by atoms with van der Waals surface area (Å²) in [6.45, 7) is 5.55. The highest BCUT2D eigenvalue weighted by Crippen LogP contribution is 2.25. The van der Waals surface area contributed by atoms with Crippen molar-refractivity contribution in [2.24, 2.45) is 0 Å². The van der Waals surface area contributed by atoms with E-state index in [4.69, 9.17) is 14.1 Å². The lowest BCUT2D eigenvalue weighted by atomic mass is 10.1. The molecule has 0 aliphatic carbocycles. The summed E-state index contributed by atoms with van der Waals surface area (Å²) in [4.78, 5) is 7.15. The Morgan fingerprint density at radius 1 is 1.27 bits per heavy atom. The Kier molecular flexibility index (Phi) is 5.48. The van der Waals surface area contributed by atoms with Gasteiger partial charge in [-0.1, -0.05) is 30.3 Å². The molecule has 0 amide bonds. The fourth-order valence-corrected chi connectivity index (χ4v) is 4.01. The number of thiophene rings is 1. The Bertz CT molecular complexity index is 814. The molecule has 26 heavy (non-hydrogen) atoms. The van der Waals surface area contributed by atoms with Crippen LogP contribution in [0.15, 0.2) is 51.6 Å². The lowest BCUT2D eigenvalue weighted by Gasteiger charge is -2.32. The van der Waals surface area contributed by atoms with Gasteiger partial charge in [0.25, 0.3) is 0 Å². The molecule has 0 radical (unpaired) electrons. The Balaban J connectivity index is 1.35. The first-order valence-electron chi connectivity index (χ1n) is 9.14. The van der Waals surface area contributed by atoms with Gasteiger partial charge < -0.3 is 9.15 Å². The molecule has 1 aliphatic heterocycles. The average molecular weight is 369 g/mol. The molecule has 2 aromatic heterocycles. The molecule has 0 unspecified atom stereocenters. The number of aryl methyl sites for hydroxylation is 1. The van der Waals surface area contributed by atoms with Crippen LogP contribution < -0.4 is 0 Å². The van der Waals surface area contributed by atoms with Gasteiger partial charge in [0, 0.05) is 24.0 Å². The van der Waals surface area contributed by atoms with Gasteiger partial charge in [-0.05, 0) is 43.3 Å². The first kappa shape index (κ1) is 17.5. The van der Waals surface area contributed by atoms with Crippen molar-refractivity contribution in [1.29, 1.82) is 0 Å². The molecule has 1 saturated heterocycles. The molecule has 4 rings (SSSR count). The van der Waals surface area contributed by atoms with E-state index >= 15 is 0 Å². The lowest BCUT2D eigenvalue weighted by molar-refractivity contribution is -0.0123. The van der Waals surface area contributed by atoms with E-state index in [0.717, 1.165) is 55.4 Å². The van der Waals surface area contributed by atoms with Crippen molar-refractivity contribution in [2.45, 2.75) is 39.0 Å². The zero-order valence-electron chi connectivity index (χ0n) is 15.1. The molecule has 0 saturated carbocycles. The van der Waals surface area contributed by atoms with Gasteiger partial charge in [0.1, 0.15) is 5.76 Å². The van der Waals surface area contributed by atoms with Crippen LogP contribution in [0.3, 0.4) is 0 Å². The Morgan fingerprint density at radius 2 is 2.15 bits per heavy atom. The van der Waals surface area contributed by atoms with Gasteiger partial charge in [0.05, 0.1) is 18.4 Å². The maximum atomic E-state index is 6.15. The molecule has 1 fully saturated rings. The number of hydrogen-bond donors (Lipinski definition) is 0. The molecule has 0 bridgehead atoms. The van der Waals surface area contributed by atoms with Crippen molar-refractivity contribution < 1.29 is 9.15 Å². The van der Waals surface area contributed by atoms with E-state index in [-0.39, 0.29) is 6.10 Å². The number of benzene rings is 1. The van der Waals surface area contributed by atoms with Gasteiger partial charge >= 0.3 is 0 Å². The monoisotopic (exact) mass is 368 g/mol. The molecule has 0 N–H and O–H groups in total. The normalized spacial score (nSPS) is 18.3. The lowest BCUT2D eigenvalue weighted by Crippen LogP contribution is -2.39. The SMILES string of the molecule is Cc1oc(-c2ccsc2)nc1CN1CCC[C@H](OCc2ccccc2)C1. The second-order valence-electron chi connectivity index (χ2n) is 6.83. The zero-order chi connectivity index (χ0) is 17.8. The molecule has 1 atom stereocenters. The number of oxazole rings is 1. The second kappa shape index (κ2) is 8.16. The average Bonchev–Trinajstić information content (AvgIpc) is 3.32. The highest BCUT2D eigenvalue weighted by Gasteiger charge is 2.22. The van der Waals surface area contributed by atoms with Crippen LogP contribution in [0, 0.1) is 6.92 Å². The number of likely N-dealkylation sites (tertiary alicyclic amines) is 1. The smallest absolute Gasteiger partial charge is 0.227 e. The van der Waals surface area contributed by atoms with Crippen molar-refractivity contribution >= 4 is 11.3 Å². The molecule has 3 aromatic rings. The maximum Gasteiger partial charge on any atom is 0.227 e. The minimum absolute atomic E-state index is 0.285. The largest absolute Gasteiger partial charge is 0.441 e. The molecule has 136 valence electrons. The second-order valence-corrected chi connectivity index (χ2v) is 7.61. The van der Waals surface area contributed by atoms with Crippen LogP contribution >= 0.6 is 11.3 Å². The molecule has 4 nitrogen and oxygen atoms in total. The van der Waals surface area contributed by atoms with Crippen LogP contribution in [0.4, 0.5) is 0 Å². The number of piperidine rings is 1. The number of nitrogens with zero attached hydrogens (tertiary/aromatic N) is 2. The fourth-order valence-electron chi connectivity index (χ4n) is 3.38. The van der Waals surface area contributed by atoms with E-state index in [1.807, 2.05) is 24.4 Å². The number of aromatic nitrogens is 1. The Hall–Kier alpha value is -1.95. The van der Waals surface area contributed by atoms with E-state index in [1.165, 1.54) is 5.56 Å². The molecule has 3 heterocycles. The standard InChI is InChI=1S/C21H24N2O2S/c1-16-20(22-21(25-16)18-9-11-26-15-18)13-23-10-5-8-19(12-23)24-14-17-6-3-2-4-7-17/h2-4,6-7,9,11,15,19H,5,8,10,12-14H2,1H3/t19-/m0/s1. The van der Waals surface area contributed by atoms with Crippen molar-refractivity contribution in [2.75, 3.05) is 13.1 Å². The molecule has 5 heteroatoms. The van der Waals surface area contributed by atoms with Crippen LogP contribution in [0.25, 0.3) is 11.5 Å². The van der Waals surface area contributed by atoms with Gasteiger partial charge in [-0.25, -0.2) is 4.98 Å². The molecular formula is C21H24N2O2S. The van der Waals surface area contributed by atoms with E-state index in [0.29, 0.717) is 6.61 Å². The van der Waals surface area contributed by atoms with Crippen LogP contribution in [0.2, 0.25) is 0 Å². The van der Waals surface area contributed by atoms with E-state index in [1.54, 1.807) is 11.3 Å². The molecule has 1 aromatic carbocycles. The highest BCUT2D eigenvalue weighted by atomic mass is 32.1. The van der Waals surface area contributed by atoms with Crippen molar-refractivity contribution in [3.63, 3.8) is 0 Å². The summed E-state index contributed by atoms with van der Waals surface area (Å²) in [5.41, 5.74) is 3.33. The first-order chi connectivity index (χ1) is 12.8. The minimum Gasteiger partial charge on any atom is -0.441 e. The summed E-state index contributed by atoms with van der Waals surface area (Å²) in [5.74, 6) is 1.64. The fraction of sp³-hybridized carbons (Fsp3) is 0.381. The van der Waals surface area contributed by atoms with Gasteiger partial charge in [-0.2, -0.15) is 11.3 Å². The number of hydrogen-bond acceptors (Lipinski definition) is 5. The quantitative estimate of drug-likeness (QED) is 0.621. The summed E-state index contributed by atoms with van der Waals surface area (Å²) >= 11 is 1.66. The van der Waals surface area contributed by atoms with Gasteiger partial charge in [-0.15, -0.1) is 0 Å². The van der Waals surface area contributed by atoms with Gasteiger partial charge in [-0.3, -0.25) is 4.90 Å². The third-order valence-electron chi connectivity index (χ3n) is 4.82. The van der Waals surface area contributed by atoms with Crippen LogP contribution in [0.5, 0.6) is 0 Å². The van der Waals surface area contributed by atoms with E-state index in [9.17, 15) is 0 Å². The summed E-state index contributed by atoms with van der Waals surface area (Å²) in [5, 5.41) is 4.12. The predicted octanol–water partition coefficient (Wildman–Crippen LogP) is 4.89. The predicted molar refractivity (Wildman–Crippen MR) is 104 cm³/mol.